The number of aromatic nitrogens is 1. The van der Waals surface area contributed by atoms with E-state index in [-0.39, 0.29) is 0 Å². The van der Waals surface area contributed by atoms with E-state index in [0.717, 1.165) is 61.0 Å². The summed E-state index contributed by atoms with van der Waals surface area (Å²) >= 11 is 0. The summed E-state index contributed by atoms with van der Waals surface area (Å²) in [6.07, 6.45) is 0. The standard InChI is InChI=1S/C59H38N2O/c1-3-13-39(14-4-1)43-18-11-19-48(36-43)61(47-30-28-41(29-31-47)56-38-44-17-7-8-20-50(44)52-21-9-10-22-53(52)56)49-32-27-40-25-26-45(35-46(40)37-49)51-23-12-24-55-54(51)33-34-57-58(55)60-59(62-57)42-15-5-2-6-16-42/h1-38H. The highest BCUT2D eigenvalue weighted by Gasteiger charge is 2.18. The van der Waals surface area contributed by atoms with Crippen molar-refractivity contribution in [2.45, 2.75) is 0 Å². The van der Waals surface area contributed by atoms with Crippen LogP contribution >= 0.6 is 0 Å². The highest BCUT2D eigenvalue weighted by Crippen LogP contribution is 2.42. The molecule has 0 saturated carbocycles. The van der Waals surface area contributed by atoms with E-state index < -0.39 is 0 Å². The van der Waals surface area contributed by atoms with Gasteiger partial charge in [0.2, 0.25) is 5.89 Å². The molecule has 0 bridgehead atoms. The van der Waals surface area contributed by atoms with Crippen LogP contribution in [-0.2, 0) is 0 Å². The Morgan fingerprint density at radius 3 is 1.77 bits per heavy atom. The SMILES string of the molecule is c1ccc(-c2cccc(N(c3ccc(-c4cc5ccccc5c5ccccc45)cc3)c3ccc4ccc(-c5cccc6c5ccc5oc(-c7ccccc7)nc56)cc4c3)c2)cc1. The van der Waals surface area contributed by atoms with Crippen LogP contribution in [0.4, 0.5) is 17.1 Å². The van der Waals surface area contributed by atoms with Gasteiger partial charge in [-0.25, -0.2) is 4.98 Å². The third-order valence-corrected chi connectivity index (χ3v) is 12.2. The van der Waals surface area contributed by atoms with Gasteiger partial charge in [-0.15, -0.1) is 0 Å². The number of hydrogen-bond acceptors (Lipinski definition) is 3. The predicted molar refractivity (Wildman–Crippen MR) is 260 cm³/mol. The first-order chi connectivity index (χ1) is 30.7. The molecule has 0 N–H and O–H groups in total. The smallest absolute Gasteiger partial charge is 0.227 e. The van der Waals surface area contributed by atoms with E-state index in [1.807, 2.05) is 30.3 Å². The molecular formula is C59H38N2O. The summed E-state index contributed by atoms with van der Waals surface area (Å²) in [5, 5.41) is 9.60. The molecule has 62 heavy (non-hydrogen) atoms. The Hall–Kier alpha value is -8.27. The molecule has 0 unspecified atom stereocenters. The van der Waals surface area contributed by atoms with Gasteiger partial charge in [0.15, 0.2) is 5.58 Å². The fraction of sp³-hybridized carbons (Fsp3) is 0. The summed E-state index contributed by atoms with van der Waals surface area (Å²) in [5.41, 5.74) is 13.0. The second kappa shape index (κ2) is 14.8. The number of fused-ring (bicyclic) bond motifs is 7. The number of oxazole rings is 1. The average molecular weight is 791 g/mol. The maximum atomic E-state index is 6.25. The van der Waals surface area contributed by atoms with Crippen LogP contribution in [0.3, 0.4) is 0 Å². The summed E-state index contributed by atoms with van der Waals surface area (Å²) < 4.78 is 6.25. The number of rotatable bonds is 7. The lowest BCUT2D eigenvalue weighted by Gasteiger charge is -2.27. The van der Waals surface area contributed by atoms with Crippen molar-refractivity contribution in [3.8, 4) is 44.8 Å². The fourth-order valence-electron chi connectivity index (χ4n) is 9.23. The highest BCUT2D eigenvalue weighted by molar-refractivity contribution is 6.14. The number of anilines is 3. The molecule has 12 rings (SSSR count). The van der Waals surface area contributed by atoms with E-state index in [0.29, 0.717) is 5.89 Å². The molecule has 0 saturated heterocycles. The lowest BCUT2D eigenvalue weighted by Crippen LogP contribution is -2.10. The van der Waals surface area contributed by atoms with Crippen LogP contribution in [0.25, 0.3) is 99.0 Å². The lowest BCUT2D eigenvalue weighted by molar-refractivity contribution is 0.620. The molecule has 1 heterocycles. The van der Waals surface area contributed by atoms with Gasteiger partial charge >= 0.3 is 0 Å². The number of benzene rings is 11. The molecule has 0 aliphatic heterocycles. The van der Waals surface area contributed by atoms with Crippen LogP contribution in [0, 0.1) is 0 Å². The summed E-state index contributed by atoms with van der Waals surface area (Å²) in [7, 11) is 0. The lowest BCUT2D eigenvalue weighted by atomic mass is 9.93. The quantitative estimate of drug-likeness (QED) is 0.151. The van der Waals surface area contributed by atoms with E-state index in [1.54, 1.807) is 0 Å². The maximum Gasteiger partial charge on any atom is 0.227 e. The molecule has 0 aliphatic rings. The van der Waals surface area contributed by atoms with Gasteiger partial charge in [-0.3, -0.25) is 0 Å². The Morgan fingerprint density at radius 1 is 0.306 bits per heavy atom. The van der Waals surface area contributed by atoms with Crippen LogP contribution in [-0.4, -0.2) is 4.98 Å². The second-order valence-electron chi connectivity index (χ2n) is 15.9. The van der Waals surface area contributed by atoms with Crippen LogP contribution in [0.5, 0.6) is 0 Å². The van der Waals surface area contributed by atoms with Gasteiger partial charge in [-0.2, -0.15) is 0 Å². The van der Waals surface area contributed by atoms with Crippen molar-refractivity contribution in [1.29, 1.82) is 0 Å². The first kappa shape index (κ1) is 35.7. The monoisotopic (exact) mass is 790 g/mol. The van der Waals surface area contributed by atoms with E-state index in [1.165, 1.54) is 49.2 Å². The van der Waals surface area contributed by atoms with Crippen molar-refractivity contribution in [3.63, 3.8) is 0 Å². The van der Waals surface area contributed by atoms with Gasteiger partial charge < -0.3 is 9.32 Å². The average Bonchev–Trinajstić information content (AvgIpc) is 3.80. The minimum Gasteiger partial charge on any atom is -0.436 e. The highest BCUT2D eigenvalue weighted by atomic mass is 16.3. The second-order valence-corrected chi connectivity index (χ2v) is 15.9. The largest absolute Gasteiger partial charge is 0.436 e. The minimum atomic E-state index is 0.632. The van der Waals surface area contributed by atoms with E-state index in [4.69, 9.17) is 9.40 Å². The van der Waals surface area contributed by atoms with Crippen molar-refractivity contribution in [1.82, 2.24) is 4.98 Å². The van der Waals surface area contributed by atoms with Crippen molar-refractivity contribution in [3.05, 3.63) is 231 Å². The van der Waals surface area contributed by atoms with Crippen LogP contribution < -0.4 is 4.90 Å². The number of hydrogen-bond donors (Lipinski definition) is 0. The molecule has 0 fully saturated rings. The molecule has 3 heteroatoms. The molecule has 0 radical (unpaired) electrons. The Bertz CT molecular complexity index is 3630. The summed E-state index contributed by atoms with van der Waals surface area (Å²) in [6.45, 7) is 0. The molecular weight excluding hydrogens is 753 g/mol. The van der Waals surface area contributed by atoms with Gasteiger partial charge in [-0.05, 0) is 144 Å². The van der Waals surface area contributed by atoms with Gasteiger partial charge in [-0.1, -0.05) is 158 Å². The van der Waals surface area contributed by atoms with Crippen molar-refractivity contribution < 1.29 is 4.42 Å². The molecule has 11 aromatic carbocycles. The van der Waals surface area contributed by atoms with Crippen molar-refractivity contribution in [2.24, 2.45) is 0 Å². The van der Waals surface area contributed by atoms with Gasteiger partial charge in [0.25, 0.3) is 0 Å². The predicted octanol–water partition coefficient (Wildman–Crippen LogP) is 16.6. The van der Waals surface area contributed by atoms with Crippen molar-refractivity contribution >= 4 is 71.3 Å². The third-order valence-electron chi connectivity index (χ3n) is 12.2. The van der Waals surface area contributed by atoms with Gasteiger partial charge in [0, 0.05) is 28.0 Å². The summed E-state index contributed by atoms with van der Waals surface area (Å²) in [6, 6.07) is 82.7. The first-order valence-corrected chi connectivity index (χ1v) is 21.1. The molecule has 1 aromatic heterocycles. The van der Waals surface area contributed by atoms with Crippen LogP contribution in [0.2, 0.25) is 0 Å². The summed E-state index contributed by atoms with van der Waals surface area (Å²) in [5.74, 6) is 0.632. The Kier molecular flexibility index (Phi) is 8.50. The maximum absolute atomic E-state index is 6.25. The van der Waals surface area contributed by atoms with E-state index in [9.17, 15) is 0 Å². The molecule has 0 amide bonds. The topological polar surface area (TPSA) is 29.3 Å². The molecule has 0 atom stereocenters. The molecule has 0 aliphatic carbocycles. The van der Waals surface area contributed by atoms with Crippen LogP contribution in [0.1, 0.15) is 0 Å². The van der Waals surface area contributed by atoms with E-state index in [2.05, 4.69) is 205 Å². The normalized spacial score (nSPS) is 11.5. The van der Waals surface area contributed by atoms with Crippen molar-refractivity contribution in [2.75, 3.05) is 4.90 Å². The van der Waals surface area contributed by atoms with Gasteiger partial charge in [0.1, 0.15) is 5.52 Å². The molecule has 12 aromatic rings. The molecule has 0 spiro atoms. The zero-order valence-corrected chi connectivity index (χ0v) is 33.7. The Labute approximate surface area is 359 Å². The fourth-order valence-corrected chi connectivity index (χ4v) is 9.23. The third kappa shape index (κ3) is 6.18. The number of nitrogens with zero attached hydrogens (tertiary/aromatic N) is 2. The van der Waals surface area contributed by atoms with Gasteiger partial charge in [0.05, 0.1) is 0 Å². The molecule has 290 valence electrons. The van der Waals surface area contributed by atoms with Crippen LogP contribution in [0.15, 0.2) is 235 Å². The minimum absolute atomic E-state index is 0.632. The first-order valence-electron chi connectivity index (χ1n) is 21.1. The summed E-state index contributed by atoms with van der Waals surface area (Å²) in [4.78, 5) is 7.36. The van der Waals surface area contributed by atoms with E-state index >= 15 is 0 Å². The molecule has 3 nitrogen and oxygen atoms in total. The zero-order valence-electron chi connectivity index (χ0n) is 33.7. The zero-order chi connectivity index (χ0) is 41.0. The Balaban J connectivity index is 0.976. The Morgan fingerprint density at radius 2 is 0.935 bits per heavy atom.